The summed E-state index contributed by atoms with van der Waals surface area (Å²) in [5, 5.41) is 0. The summed E-state index contributed by atoms with van der Waals surface area (Å²) in [4.78, 5) is 0. The third kappa shape index (κ3) is 7.34. The minimum absolute atomic E-state index is 0. The van der Waals surface area contributed by atoms with Crippen molar-refractivity contribution in [1.82, 2.24) is 0 Å². The largest absolute Gasteiger partial charge is 1.00 e. The summed E-state index contributed by atoms with van der Waals surface area (Å²) >= 11 is -2.69. The van der Waals surface area contributed by atoms with Crippen molar-refractivity contribution in [2.24, 2.45) is 11.3 Å². The number of rotatable bonds is 9. The van der Waals surface area contributed by atoms with Crippen molar-refractivity contribution in [1.29, 1.82) is 0 Å². The van der Waals surface area contributed by atoms with Gasteiger partial charge in [-0.25, -0.2) is 0 Å². The van der Waals surface area contributed by atoms with Gasteiger partial charge in [0.25, 0.3) is 0 Å². The van der Waals surface area contributed by atoms with Crippen LogP contribution in [0.5, 0.6) is 0 Å². The molecule has 0 amide bonds. The summed E-state index contributed by atoms with van der Waals surface area (Å²) in [5.74, 6) is 0.507. The van der Waals surface area contributed by atoms with Crippen molar-refractivity contribution in [2.75, 3.05) is 0 Å². The Balaban J connectivity index is 0.00000240. The normalized spacial score (nSPS) is 14.8. The number of hydrogen-bond donors (Lipinski definition) is 0. The van der Waals surface area contributed by atoms with Gasteiger partial charge in [-0.05, 0) is 0 Å². The Morgan fingerprint density at radius 3 is 1.61 bits per heavy atom. The Kier molecular flexibility index (Phi) is 12.0. The van der Waals surface area contributed by atoms with Crippen molar-refractivity contribution in [2.45, 2.75) is 50.6 Å². The van der Waals surface area contributed by atoms with Crippen LogP contribution in [0.15, 0.2) is 131 Å². The maximum absolute atomic E-state index is 4.11. The van der Waals surface area contributed by atoms with Crippen LogP contribution in [0.25, 0.3) is 23.3 Å². The first-order valence-electron chi connectivity index (χ1n) is 16.1. The van der Waals surface area contributed by atoms with Crippen molar-refractivity contribution < 1.29 is 46.1 Å². The van der Waals surface area contributed by atoms with E-state index < -0.39 is 21.3 Å². The van der Waals surface area contributed by atoms with E-state index in [1.54, 1.807) is 6.49 Å². The van der Waals surface area contributed by atoms with Gasteiger partial charge >= 0.3 is 274 Å². The summed E-state index contributed by atoms with van der Waals surface area (Å²) in [6.07, 6.45) is 12.5. The van der Waals surface area contributed by atoms with Gasteiger partial charge in [0.05, 0.1) is 0 Å². The zero-order valence-electron chi connectivity index (χ0n) is 27.5. The molecule has 4 aromatic rings. The second kappa shape index (κ2) is 15.4. The predicted octanol–water partition coefficient (Wildman–Crippen LogP) is 5.22. The third-order valence-electron chi connectivity index (χ3n) is 9.44. The fourth-order valence-corrected chi connectivity index (χ4v) is 17.1. The van der Waals surface area contributed by atoms with Gasteiger partial charge in [-0.3, -0.25) is 0 Å². The molecule has 0 saturated carbocycles. The first-order chi connectivity index (χ1) is 21.3. The quantitative estimate of drug-likeness (QED) is 0.223. The molecule has 3 heteroatoms. The van der Waals surface area contributed by atoms with Gasteiger partial charge in [0.1, 0.15) is 0 Å². The predicted molar refractivity (Wildman–Crippen MR) is 189 cm³/mol. The topological polar surface area (TPSA) is 0 Å². The molecule has 0 N–H and O–H groups in total. The molecule has 0 fully saturated rings. The molecule has 0 spiro atoms. The van der Waals surface area contributed by atoms with E-state index in [1.807, 2.05) is 12.2 Å². The second-order valence-corrected chi connectivity index (χ2v) is 20.0. The Morgan fingerprint density at radius 2 is 1.20 bits per heavy atom. The SMILES string of the molecule is C=Cc1ccc2c(c1)-c1cc(C=C)ccc1[CH]2[Zr+2]([C]1=CC(C(C)(C)C)=CC1CC)=[C](Cc1ccccc1)Cc1ccccc1.[Cl-].[Cl-]. The van der Waals surface area contributed by atoms with Gasteiger partial charge < -0.3 is 24.8 Å². The summed E-state index contributed by atoms with van der Waals surface area (Å²) in [7, 11) is 0. The minimum Gasteiger partial charge on any atom is -1.00 e. The minimum atomic E-state index is -2.69. The molecule has 4 aromatic carbocycles. The Labute approximate surface area is 297 Å². The van der Waals surface area contributed by atoms with Gasteiger partial charge in [0.2, 0.25) is 0 Å². The molecular weight excluding hydrogens is 679 g/mol. The first-order valence-corrected chi connectivity index (χ1v) is 20.0. The zero-order valence-corrected chi connectivity index (χ0v) is 31.5. The van der Waals surface area contributed by atoms with E-state index in [0.717, 1.165) is 19.3 Å². The molecule has 234 valence electrons. The van der Waals surface area contributed by atoms with E-state index >= 15 is 0 Å². The number of hydrogen-bond acceptors (Lipinski definition) is 0. The van der Waals surface area contributed by atoms with Crippen LogP contribution in [0.1, 0.15) is 71.1 Å². The number of allylic oxidation sites excluding steroid dienone is 4. The van der Waals surface area contributed by atoms with E-state index in [9.17, 15) is 0 Å². The maximum Gasteiger partial charge on any atom is -1.00 e. The van der Waals surface area contributed by atoms with E-state index in [0.29, 0.717) is 9.54 Å². The van der Waals surface area contributed by atoms with E-state index in [4.69, 9.17) is 0 Å². The molecule has 0 bridgehead atoms. The summed E-state index contributed by atoms with van der Waals surface area (Å²) < 4.78 is 3.98. The molecule has 2 aliphatic rings. The van der Waals surface area contributed by atoms with Gasteiger partial charge in [-0.15, -0.1) is 0 Å². The van der Waals surface area contributed by atoms with Gasteiger partial charge in [0, 0.05) is 0 Å². The zero-order chi connectivity index (χ0) is 30.8. The Hall–Kier alpha value is -2.83. The molecule has 0 aromatic heterocycles. The van der Waals surface area contributed by atoms with Crippen LogP contribution in [0.3, 0.4) is 0 Å². The van der Waals surface area contributed by atoms with Crippen LogP contribution in [-0.4, -0.2) is 3.21 Å². The summed E-state index contributed by atoms with van der Waals surface area (Å²) in [6.45, 7) is 17.7. The van der Waals surface area contributed by atoms with E-state index in [2.05, 4.69) is 150 Å². The van der Waals surface area contributed by atoms with Gasteiger partial charge in [0.15, 0.2) is 0 Å². The van der Waals surface area contributed by atoms with Crippen LogP contribution in [0.4, 0.5) is 0 Å². The Bertz CT molecular complexity index is 1700. The number of halogens is 2. The van der Waals surface area contributed by atoms with Crippen molar-refractivity contribution in [3.05, 3.63) is 165 Å². The van der Waals surface area contributed by atoms with Crippen molar-refractivity contribution in [3.63, 3.8) is 0 Å². The van der Waals surface area contributed by atoms with Gasteiger partial charge in [-0.1, -0.05) is 0 Å². The molecular formula is C43H44Cl2Zr. The molecule has 1 unspecified atom stereocenters. The molecule has 0 nitrogen and oxygen atoms in total. The van der Waals surface area contributed by atoms with Gasteiger partial charge in [-0.2, -0.15) is 0 Å². The monoisotopic (exact) mass is 720 g/mol. The van der Waals surface area contributed by atoms with Crippen LogP contribution >= 0.6 is 0 Å². The molecule has 46 heavy (non-hydrogen) atoms. The molecule has 0 aliphatic heterocycles. The standard InChI is InChI=1S/C17H13.C15H14.C11H17.2ClH.Zr/c1-3-12-5-7-14-11-15-8-6-13(4-2)10-17(15)16(14)9-12;1-3-8-14(9-4-1)12-7-13-15-10-5-2-6-11-15;1-5-9-6-7-10(8-9)11(2,3)4;;;/h3-11H,1-2H2;1-6,8-11H,12-13H2;7-9H,5H2,1-4H3;2*1H;/q;;;;;+2/p-2. The molecule has 1 atom stereocenters. The number of benzene rings is 4. The molecule has 0 radical (unpaired) electrons. The number of fused-ring (bicyclic) bond motifs is 3. The van der Waals surface area contributed by atoms with Crippen LogP contribution in [-0.2, 0) is 34.1 Å². The summed E-state index contributed by atoms with van der Waals surface area (Å²) in [6, 6.07) is 36.6. The average molecular weight is 723 g/mol. The molecule has 2 aliphatic carbocycles. The molecule has 6 rings (SSSR count). The smallest absolute Gasteiger partial charge is 1.00 e. The summed E-state index contributed by atoms with van der Waals surface area (Å²) in [5.41, 5.74) is 12.7. The maximum atomic E-state index is 4.11. The van der Waals surface area contributed by atoms with Crippen LogP contribution < -0.4 is 24.8 Å². The first kappa shape index (κ1) is 36.0. The second-order valence-electron chi connectivity index (χ2n) is 13.4. The molecule has 0 saturated heterocycles. The average Bonchev–Trinajstić information content (AvgIpc) is 3.61. The third-order valence-corrected chi connectivity index (χ3v) is 17.9. The fraction of sp³-hybridized carbons (Fsp3) is 0.233. The molecule has 0 heterocycles. The van der Waals surface area contributed by atoms with Crippen LogP contribution in [0.2, 0.25) is 0 Å². The van der Waals surface area contributed by atoms with E-state index in [1.165, 1.54) is 50.1 Å². The van der Waals surface area contributed by atoms with E-state index in [-0.39, 0.29) is 30.2 Å². The fourth-order valence-electron chi connectivity index (χ4n) is 7.07. The van der Waals surface area contributed by atoms with Crippen LogP contribution in [0, 0.1) is 11.3 Å². The van der Waals surface area contributed by atoms with Crippen molar-refractivity contribution in [3.8, 4) is 11.1 Å². The van der Waals surface area contributed by atoms with Crippen molar-refractivity contribution >= 4 is 15.4 Å². The Morgan fingerprint density at radius 1 is 0.717 bits per heavy atom.